The van der Waals surface area contributed by atoms with E-state index in [0.717, 1.165) is 38.8 Å². The zero-order valence-corrected chi connectivity index (χ0v) is 64.9. The lowest BCUT2D eigenvalue weighted by molar-refractivity contribution is -0.365. The summed E-state index contributed by atoms with van der Waals surface area (Å²) < 4.78 is 136. The number of methoxy groups -OCH3 is 1. The Morgan fingerprint density at radius 2 is 0.547 bits per heavy atom. The van der Waals surface area contributed by atoms with Gasteiger partial charge in [-0.2, -0.15) is 0 Å². The molecule has 5 aromatic rings. The summed E-state index contributed by atoms with van der Waals surface area (Å²) in [7, 11) is 1.27. The quantitative estimate of drug-likeness (QED) is 0.0116. The number of esters is 4. The van der Waals surface area contributed by atoms with Gasteiger partial charge in [-0.25, -0.2) is 0 Å². The second-order valence-electron chi connectivity index (χ2n) is 28.2. The first-order chi connectivity index (χ1) is 56.8. The van der Waals surface area contributed by atoms with E-state index in [0.29, 0.717) is 16.7 Å². The molecule has 6 fully saturated rings. The summed E-state index contributed by atoms with van der Waals surface area (Å²) in [6, 6.07) is 36.8. The Morgan fingerprint density at radius 3 is 0.803 bits per heavy atom. The molecule has 117 heavy (non-hydrogen) atoms. The van der Waals surface area contributed by atoms with E-state index in [1.54, 1.807) is 98.8 Å². The van der Waals surface area contributed by atoms with Crippen molar-refractivity contribution in [3.05, 3.63) is 232 Å². The van der Waals surface area contributed by atoms with E-state index < -0.39 is 203 Å². The van der Waals surface area contributed by atoms with E-state index in [-0.39, 0.29) is 46.2 Å². The third kappa shape index (κ3) is 23.8. The van der Waals surface area contributed by atoms with E-state index in [1.807, 2.05) is 66.7 Å². The van der Waals surface area contributed by atoms with Crippen molar-refractivity contribution < 1.29 is 119 Å². The molecule has 624 valence electrons. The van der Waals surface area contributed by atoms with Crippen LogP contribution in [0.2, 0.25) is 0 Å². The molecular formula is C77H91N15O25. The Morgan fingerprint density at radius 1 is 0.325 bits per heavy atom. The van der Waals surface area contributed by atoms with Gasteiger partial charge in [0.25, 0.3) is 0 Å². The predicted octanol–water partition coefficient (Wildman–Crippen LogP) is 10.5. The minimum atomic E-state index is -2.00. The van der Waals surface area contributed by atoms with Crippen molar-refractivity contribution >= 4 is 23.9 Å². The molecule has 0 N–H and O–H groups in total. The minimum absolute atomic E-state index is 0.0349. The highest BCUT2D eigenvalue weighted by atomic mass is 16.8. The fourth-order valence-electron chi connectivity index (χ4n) is 14.6. The highest BCUT2D eigenvalue weighted by molar-refractivity contribution is 5.67. The van der Waals surface area contributed by atoms with Crippen molar-refractivity contribution in [2.24, 2.45) is 25.6 Å². The zero-order chi connectivity index (χ0) is 82.8. The van der Waals surface area contributed by atoms with E-state index >= 15 is 0 Å². The van der Waals surface area contributed by atoms with Crippen LogP contribution in [0.15, 0.2) is 177 Å². The molecule has 0 radical (unpaired) electrons. The molecule has 0 bridgehead atoms. The number of ether oxygens (including phenoxy) is 21. The molecule has 0 unspecified atom stereocenters. The van der Waals surface area contributed by atoms with E-state index in [4.69, 9.17) is 99.5 Å². The van der Waals surface area contributed by atoms with E-state index in [9.17, 15) is 46.8 Å². The van der Waals surface area contributed by atoms with E-state index in [1.165, 1.54) is 7.11 Å². The number of rotatable bonds is 38. The molecule has 5 aromatic carbocycles. The summed E-state index contributed by atoms with van der Waals surface area (Å²) in [5.41, 5.74) is 55.9. The monoisotopic (exact) mass is 1630 g/mol. The number of hydrogen-bond donors (Lipinski definition) is 0. The summed E-state index contributed by atoms with van der Waals surface area (Å²) in [4.78, 5) is 70.4. The van der Waals surface area contributed by atoms with Gasteiger partial charge in [-0.15, -0.1) is 0 Å². The Hall–Kier alpha value is -10.1. The molecule has 25 atom stereocenters. The van der Waals surface area contributed by atoms with Gasteiger partial charge >= 0.3 is 23.9 Å². The number of nitrogens with zero attached hydrogens (tertiary/aromatic N) is 15. The molecule has 6 aliphatic rings. The third-order valence-corrected chi connectivity index (χ3v) is 19.4. The molecule has 0 amide bonds. The standard InChI is InChI=1S/C77H91N15O25/c1-43(93)103-67-57(83-88-78)72(97-7)107-52(38-98-33-47-23-13-8-14-24-47)62(67)112-73-58(84-89-79)68(104-44(2)94)63(53(108-73)39-99-34-48-25-15-9-16-26-48)113-74-59(85-90-80)69(105-45(3)95)64(54(109-74)40-100-35-49-27-17-10-18-28-49)114-75-60(86-91-81)70(106-46(4)96)65(55(110-75)41-101-36-50-29-19-11-20-30-50)115-76-61(87-92-82)71-66(116-77(5,6)117-71)56(111-76)42-102-37-51-31-21-12-22-32-51/h8-32,52-76H,33-42H2,1-7H3/t52-,53-,54-,55-,56-,57-,58-,59-,60-,61-,62+,63+,64+,65+,66+,67-,68-,69-,70-,71-,72+,73-,74-,75+,76-/m1/s1. The first-order valence-corrected chi connectivity index (χ1v) is 37.5. The second-order valence-corrected chi connectivity index (χ2v) is 28.2. The van der Waals surface area contributed by atoms with Crippen molar-refractivity contribution in [1.29, 1.82) is 0 Å². The van der Waals surface area contributed by atoms with Crippen LogP contribution in [-0.2, 0) is 152 Å². The average Bonchev–Trinajstić information content (AvgIpc) is 1.71. The number of benzene rings is 5. The number of carbonyl (C=O) groups excluding carboxylic acids is 4. The summed E-state index contributed by atoms with van der Waals surface area (Å²) in [6.07, 6.45) is -31.5. The SMILES string of the molecule is CO[C@H]1O[C@H](COCc2ccccc2)[C@H](O[C@H]2O[C@H](COCc3ccccc3)[C@H](O[C@H]3O[C@H](COCc4ccccc4)[C@H](O[C@@H]4O[C@H](COCc5ccccc5)[C@H](O[C@H]5O[C@H](COCc6ccccc6)[C@@H]6OC(C)(C)O[C@@H]6[C@H]5N=[N+]=[N-])[C@H](OC(C)=O)[C@H]4N=[N+]=[N-])[C@H](OC(C)=O)[C@H]3N=[N+]=[N-])[C@H](OC(C)=O)[C@H]2N=[N+]=[N-])[C@H](OC(C)=O)[C@H]1N=[N+]=[N-]. The topological polar surface area (TPSA) is 506 Å². The molecule has 0 saturated carbocycles. The maximum atomic E-state index is 14.0. The molecule has 6 heterocycles. The van der Waals surface area contributed by atoms with Gasteiger partial charge in [0.2, 0.25) is 0 Å². The van der Waals surface area contributed by atoms with Crippen LogP contribution in [0, 0.1) is 0 Å². The lowest BCUT2D eigenvalue weighted by atomic mass is 9.93. The molecule has 0 aliphatic carbocycles. The summed E-state index contributed by atoms with van der Waals surface area (Å²) >= 11 is 0. The molecule has 6 aliphatic heterocycles. The number of carbonyl (C=O) groups is 4. The van der Waals surface area contributed by atoms with Crippen LogP contribution in [0.1, 0.15) is 69.4 Å². The van der Waals surface area contributed by atoms with Crippen LogP contribution in [-0.4, -0.2) is 223 Å². The van der Waals surface area contributed by atoms with Gasteiger partial charge in [-0.3, -0.25) is 19.2 Å². The Labute approximate surface area is 670 Å². The smallest absolute Gasteiger partial charge is 0.303 e. The van der Waals surface area contributed by atoms with Gasteiger partial charge in [0.1, 0.15) is 122 Å². The predicted molar refractivity (Wildman–Crippen MR) is 401 cm³/mol. The van der Waals surface area contributed by atoms with Gasteiger partial charge in [-0.1, -0.05) is 177 Å². The first-order valence-electron chi connectivity index (χ1n) is 37.5. The molecule has 0 spiro atoms. The van der Waals surface area contributed by atoms with Gasteiger partial charge in [0.15, 0.2) is 37.2 Å². The first kappa shape index (κ1) is 87.7. The molecule has 11 rings (SSSR count). The van der Waals surface area contributed by atoms with Crippen LogP contribution in [0.5, 0.6) is 0 Å². The average molecular weight is 1630 g/mol. The summed E-state index contributed by atoms with van der Waals surface area (Å²) in [5, 5.41) is 20.4. The summed E-state index contributed by atoms with van der Waals surface area (Å²) in [6.45, 7) is 5.68. The molecule has 40 nitrogen and oxygen atoms in total. The highest BCUT2D eigenvalue weighted by Gasteiger charge is 2.62. The van der Waals surface area contributed by atoms with Crippen LogP contribution in [0.25, 0.3) is 52.2 Å². The Kier molecular flexibility index (Phi) is 32.5. The Bertz CT molecular complexity index is 4290. The highest BCUT2D eigenvalue weighted by Crippen LogP contribution is 2.44. The minimum Gasteiger partial charge on any atom is -0.459 e. The van der Waals surface area contributed by atoms with Gasteiger partial charge in [0, 0.05) is 59.4 Å². The van der Waals surface area contributed by atoms with Crippen molar-refractivity contribution in [1.82, 2.24) is 0 Å². The fourth-order valence-corrected chi connectivity index (χ4v) is 14.6. The van der Waals surface area contributed by atoms with Crippen molar-refractivity contribution in [2.45, 2.75) is 234 Å². The third-order valence-electron chi connectivity index (χ3n) is 19.4. The molecule has 6 saturated heterocycles. The van der Waals surface area contributed by atoms with Crippen LogP contribution in [0.3, 0.4) is 0 Å². The number of fused-ring (bicyclic) bond motifs is 1. The molecule has 0 aromatic heterocycles. The lowest BCUT2D eigenvalue weighted by Gasteiger charge is -2.51. The molecule has 40 heteroatoms. The number of azide groups is 5. The van der Waals surface area contributed by atoms with Crippen molar-refractivity contribution in [3.8, 4) is 0 Å². The summed E-state index contributed by atoms with van der Waals surface area (Å²) in [5.74, 6) is -5.05. The van der Waals surface area contributed by atoms with Crippen molar-refractivity contribution in [2.75, 3.05) is 40.1 Å². The number of hydrogen-bond acceptors (Lipinski definition) is 30. The van der Waals surface area contributed by atoms with Gasteiger partial charge < -0.3 is 99.5 Å². The normalized spacial score (nSPS) is 31.6. The van der Waals surface area contributed by atoms with Gasteiger partial charge in [-0.05, 0) is 69.3 Å². The lowest BCUT2D eigenvalue weighted by Crippen LogP contribution is -2.68. The largest absolute Gasteiger partial charge is 0.459 e. The maximum absolute atomic E-state index is 14.0. The Balaban J connectivity index is 0.977. The molecular weight excluding hydrogens is 1530 g/mol. The van der Waals surface area contributed by atoms with Crippen molar-refractivity contribution in [3.63, 3.8) is 0 Å². The van der Waals surface area contributed by atoms with Crippen LogP contribution in [0.4, 0.5) is 0 Å². The second kappa shape index (κ2) is 43.3. The van der Waals surface area contributed by atoms with E-state index in [2.05, 4.69) is 50.1 Å². The zero-order valence-electron chi connectivity index (χ0n) is 64.9. The fraction of sp³-hybridized carbons (Fsp3) is 0.558. The van der Waals surface area contributed by atoms with Crippen LogP contribution < -0.4 is 0 Å². The van der Waals surface area contributed by atoms with Crippen LogP contribution >= 0.6 is 0 Å². The van der Waals surface area contributed by atoms with Gasteiger partial charge in [0.05, 0.1) is 66.1 Å². The maximum Gasteiger partial charge on any atom is 0.303 e.